The first-order chi connectivity index (χ1) is 13.9. The molecule has 1 aromatic carbocycles. The van der Waals surface area contributed by atoms with E-state index in [1.165, 1.54) is 23.2 Å². The Morgan fingerprint density at radius 1 is 1.28 bits per heavy atom. The van der Waals surface area contributed by atoms with E-state index in [-0.39, 0.29) is 29.0 Å². The van der Waals surface area contributed by atoms with Crippen molar-refractivity contribution in [2.24, 2.45) is 5.92 Å². The highest BCUT2D eigenvalue weighted by Crippen LogP contribution is 2.31. The lowest BCUT2D eigenvalue weighted by atomic mass is 9.89. The van der Waals surface area contributed by atoms with Crippen molar-refractivity contribution in [3.05, 3.63) is 36.0 Å². The van der Waals surface area contributed by atoms with E-state index in [4.69, 9.17) is 5.11 Å². The van der Waals surface area contributed by atoms with Crippen molar-refractivity contribution in [3.8, 4) is 0 Å². The highest BCUT2D eigenvalue weighted by Gasteiger charge is 2.26. The van der Waals surface area contributed by atoms with Crippen molar-refractivity contribution in [3.63, 3.8) is 0 Å². The van der Waals surface area contributed by atoms with Crippen molar-refractivity contribution in [1.82, 2.24) is 4.98 Å². The highest BCUT2D eigenvalue weighted by atomic mass is 32.2. The van der Waals surface area contributed by atoms with Crippen LogP contribution in [0.25, 0.3) is 0 Å². The second-order valence-corrected chi connectivity index (χ2v) is 9.09. The maximum absolute atomic E-state index is 14.4. The number of carboxylic acids is 1. The van der Waals surface area contributed by atoms with Gasteiger partial charge in [-0.25, -0.2) is 18.6 Å². The maximum Gasteiger partial charge on any atom is 0.328 e. The minimum absolute atomic E-state index is 0.106. The van der Waals surface area contributed by atoms with E-state index >= 15 is 0 Å². The number of rotatable bonds is 7. The highest BCUT2D eigenvalue weighted by molar-refractivity contribution is 8.01. The van der Waals surface area contributed by atoms with Crippen LogP contribution in [-0.2, 0) is 4.79 Å². The summed E-state index contributed by atoms with van der Waals surface area (Å²) in [7, 11) is 0. The van der Waals surface area contributed by atoms with Crippen LogP contribution in [0.5, 0.6) is 0 Å². The van der Waals surface area contributed by atoms with Crippen LogP contribution in [0, 0.1) is 17.6 Å². The van der Waals surface area contributed by atoms with Crippen LogP contribution in [0.2, 0.25) is 0 Å². The Bertz CT molecular complexity index is 872. The number of amides is 2. The number of anilines is 2. The summed E-state index contributed by atoms with van der Waals surface area (Å²) < 4.78 is 28.8. The summed E-state index contributed by atoms with van der Waals surface area (Å²) in [5.74, 6) is -2.91. The van der Waals surface area contributed by atoms with Crippen molar-refractivity contribution >= 4 is 45.9 Å². The number of thioether (sulfide) groups is 1. The van der Waals surface area contributed by atoms with E-state index in [0.717, 1.165) is 61.3 Å². The largest absolute Gasteiger partial charge is 0.481 e. The van der Waals surface area contributed by atoms with Crippen molar-refractivity contribution in [2.75, 3.05) is 22.5 Å². The molecule has 0 atom stereocenters. The molecule has 10 heteroatoms. The Labute approximate surface area is 175 Å². The molecule has 1 aliphatic rings. The lowest BCUT2D eigenvalue weighted by Crippen LogP contribution is -2.39. The quantitative estimate of drug-likeness (QED) is 0.576. The standard InChI is InChI=1S/C19H21F2N3O3S2/c20-13-7-4-8-14(17(13)21)24(10-12-5-2-1-3-6-12)19(27)23-18-22-9-16(29-18)28-11-15(25)26/h4,7-9,12H,1-3,5-6,10-11H2,(H,25,26)(H,22,23,27). The molecule has 1 aliphatic carbocycles. The molecule has 1 aromatic heterocycles. The summed E-state index contributed by atoms with van der Waals surface area (Å²) in [5.41, 5.74) is -0.106. The van der Waals surface area contributed by atoms with Crippen LogP contribution in [0.15, 0.2) is 28.6 Å². The molecule has 1 fully saturated rings. The van der Waals surface area contributed by atoms with E-state index in [0.29, 0.717) is 4.21 Å². The van der Waals surface area contributed by atoms with Crippen LogP contribution in [-0.4, -0.2) is 34.4 Å². The number of hydrogen-bond acceptors (Lipinski definition) is 5. The van der Waals surface area contributed by atoms with E-state index in [1.807, 2.05) is 0 Å². The monoisotopic (exact) mass is 441 g/mol. The Morgan fingerprint density at radius 3 is 2.76 bits per heavy atom. The van der Waals surface area contributed by atoms with Gasteiger partial charge in [0, 0.05) is 6.54 Å². The maximum atomic E-state index is 14.4. The zero-order chi connectivity index (χ0) is 20.8. The average Bonchev–Trinajstić information content (AvgIpc) is 3.15. The van der Waals surface area contributed by atoms with Gasteiger partial charge < -0.3 is 5.11 Å². The van der Waals surface area contributed by atoms with Gasteiger partial charge in [-0.1, -0.05) is 36.7 Å². The number of thiazole rings is 1. The zero-order valence-corrected chi connectivity index (χ0v) is 17.2. The number of aliphatic carboxylic acids is 1. The first-order valence-electron chi connectivity index (χ1n) is 9.27. The molecule has 0 aliphatic heterocycles. The molecule has 2 N–H and O–H groups in total. The predicted octanol–water partition coefficient (Wildman–Crippen LogP) is 5.22. The minimum Gasteiger partial charge on any atom is -0.481 e. The summed E-state index contributed by atoms with van der Waals surface area (Å²) in [6.45, 7) is 0.290. The number of urea groups is 1. The van der Waals surface area contributed by atoms with Gasteiger partial charge in [0.2, 0.25) is 0 Å². The number of carbonyl (C=O) groups excluding carboxylic acids is 1. The number of benzene rings is 1. The molecule has 0 unspecified atom stereocenters. The Morgan fingerprint density at radius 2 is 2.03 bits per heavy atom. The third-order valence-corrected chi connectivity index (χ3v) is 6.76. The molecular formula is C19H21F2N3O3S2. The minimum atomic E-state index is -1.06. The van der Waals surface area contributed by atoms with Gasteiger partial charge in [-0.2, -0.15) is 0 Å². The van der Waals surface area contributed by atoms with E-state index in [1.54, 1.807) is 0 Å². The van der Waals surface area contributed by atoms with E-state index in [9.17, 15) is 18.4 Å². The second-order valence-electron chi connectivity index (χ2n) is 6.78. The van der Waals surface area contributed by atoms with Crippen LogP contribution in [0.4, 0.5) is 24.4 Å². The van der Waals surface area contributed by atoms with Crippen molar-refractivity contribution in [1.29, 1.82) is 0 Å². The fourth-order valence-electron chi connectivity index (χ4n) is 3.30. The normalized spacial score (nSPS) is 14.6. The molecular weight excluding hydrogens is 420 g/mol. The van der Waals surface area contributed by atoms with Gasteiger partial charge in [-0.05, 0) is 30.9 Å². The molecule has 156 valence electrons. The average molecular weight is 442 g/mol. The predicted molar refractivity (Wildman–Crippen MR) is 110 cm³/mol. The molecule has 6 nitrogen and oxygen atoms in total. The first kappa shape index (κ1) is 21.5. The lowest BCUT2D eigenvalue weighted by molar-refractivity contribution is -0.133. The van der Waals surface area contributed by atoms with Gasteiger partial charge in [0.15, 0.2) is 16.8 Å². The number of carboxylic acid groups (broad SMARTS) is 1. The number of hydrogen-bond donors (Lipinski definition) is 2. The van der Waals surface area contributed by atoms with Gasteiger partial charge in [0.1, 0.15) is 0 Å². The number of nitrogens with zero attached hydrogens (tertiary/aromatic N) is 2. The zero-order valence-electron chi connectivity index (χ0n) is 15.6. The van der Waals surface area contributed by atoms with E-state index < -0.39 is 23.6 Å². The van der Waals surface area contributed by atoms with Crippen LogP contribution in [0.1, 0.15) is 32.1 Å². The van der Waals surface area contributed by atoms with Crippen LogP contribution in [0.3, 0.4) is 0 Å². The fourth-order valence-corrected chi connectivity index (χ4v) is 4.88. The summed E-state index contributed by atoms with van der Waals surface area (Å²) in [6.07, 6.45) is 6.61. The molecule has 0 bridgehead atoms. The van der Waals surface area contributed by atoms with Crippen LogP contribution >= 0.6 is 23.1 Å². The molecule has 0 spiro atoms. The summed E-state index contributed by atoms with van der Waals surface area (Å²) in [6, 6.07) is 3.18. The summed E-state index contributed by atoms with van der Waals surface area (Å²) in [5, 5.41) is 11.7. The molecule has 2 aromatic rings. The Balaban J connectivity index is 1.76. The topological polar surface area (TPSA) is 82.5 Å². The van der Waals surface area contributed by atoms with Crippen molar-refractivity contribution < 1.29 is 23.5 Å². The van der Waals surface area contributed by atoms with Gasteiger partial charge in [-0.15, -0.1) is 11.8 Å². The molecule has 0 saturated heterocycles. The number of aromatic nitrogens is 1. The third kappa shape index (κ3) is 5.89. The number of halogens is 2. The number of nitrogens with one attached hydrogen (secondary N) is 1. The molecule has 0 radical (unpaired) electrons. The SMILES string of the molecule is O=C(O)CSc1cnc(NC(=O)N(CC2CCCCC2)c2cccc(F)c2F)s1. The Hall–Kier alpha value is -2.20. The van der Waals surface area contributed by atoms with Crippen molar-refractivity contribution in [2.45, 2.75) is 36.3 Å². The molecule has 2 amide bonds. The molecule has 29 heavy (non-hydrogen) atoms. The van der Waals surface area contributed by atoms with Crippen LogP contribution < -0.4 is 10.2 Å². The first-order valence-corrected chi connectivity index (χ1v) is 11.1. The molecule has 1 heterocycles. The molecule has 1 saturated carbocycles. The number of carbonyl (C=O) groups is 2. The fraction of sp³-hybridized carbons (Fsp3) is 0.421. The Kier molecular flexibility index (Phi) is 7.43. The van der Waals surface area contributed by atoms with Gasteiger partial charge in [0.25, 0.3) is 0 Å². The smallest absolute Gasteiger partial charge is 0.328 e. The molecule has 3 rings (SSSR count). The second kappa shape index (κ2) is 10.0. The lowest BCUT2D eigenvalue weighted by Gasteiger charge is -2.30. The summed E-state index contributed by atoms with van der Waals surface area (Å²) in [4.78, 5) is 28.9. The van der Waals surface area contributed by atoms with E-state index in [2.05, 4.69) is 10.3 Å². The third-order valence-electron chi connectivity index (χ3n) is 4.67. The van der Waals surface area contributed by atoms with Gasteiger partial charge >= 0.3 is 12.0 Å². The van der Waals surface area contributed by atoms with Gasteiger partial charge in [-0.3, -0.25) is 15.0 Å². The summed E-state index contributed by atoms with van der Waals surface area (Å²) >= 11 is 2.23. The van der Waals surface area contributed by atoms with Gasteiger partial charge in [0.05, 0.1) is 21.8 Å².